The fourth-order valence-corrected chi connectivity index (χ4v) is 8.55. The summed E-state index contributed by atoms with van der Waals surface area (Å²) in [7, 11) is 0. The summed E-state index contributed by atoms with van der Waals surface area (Å²) >= 11 is 4.43. The molecule has 35 heavy (non-hydrogen) atoms. The van der Waals surface area contributed by atoms with Gasteiger partial charge in [0.05, 0.1) is 16.8 Å². The molecule has 2 aliphatic carbocycles. The van der Waals surface area contributed by atoms with Crippen molar-refractivity contribution in [1.82, 2.24) is 14.9 Å². The van der Waals surface area contributed by atoms with E-state index in [1.54, 1.807) is 15.9 Å². The van der Waals surface area contributed by atoms with E-state index < -0.39 is 0 Å². The molecule has 2 fully saturated rings. The van der Waals surface area contributed by atoms with Gasteiger partial charge < -0.3 is 5.32 Å². The summed E-state index contributed by atoms with van der Waals surface area (Å²) in [5.74, 6) is 2.47. The van der Waals surface area contributed by atoms with Crippen LogP contribution in [0.2, 0.25) is 0 Å². The monoisotopic (exact) mass is 521 g/mol. The second kappa shape index (κ2) is 9.56. The van der Waals surface area contributed by atoms with Crippen molar-refractivity contribution in [2.24, 2.45) is 17.8 Å². The van der Waals surface area contributed by atoms with Crippen LogP contribution in [0.3, 0.4) is 0 Å². The molecule has 4 atom stereocenters. The minimum absolute atomic E-state index is 0.00434. The molecule has 6 rings (SSSR count). The van der Waals surface area contributed by atoms with Crippen molar-refractivity contribution >= 4 is 50.6 Å². The molecule has 5 nitrogen and oxygen atoms in total. The Kier molecular flexibility index (Phi) is 6.28. The topological polar surface area (TPSA) is 64.0 Å². The lowest BCUT2D eigenvalue weighted by atomic mass is 9.84. The Bertz CT molecular complexity index is 1410. The Hall–Kier alpha value is -2.42. The number of rotatable bonds is 7. The fourth-order valence-electron chi connectivity index (χ4n) is 5.93. The number of nitrogens with one attached hydrogen (secondary N) is 1. The highest BCUT2D eigenvalue weighted by molar-refractivity contribution is 7.99. The van der Waals surface area contributed by atoms with Crippen LogP contribution in [-0.2, 0) is 4.79 Å². The molecule has 1 N–H and O–H groups in total. The summed E-state index contributed by atoms with van der Waals surface area (Å²) in [6.45, 7) is 2.15. The van der Waals surface area contributed by atoms with Gasteiger partial charge in [-0.1, -0.05) is 42.4 Å². The van der Waals surface area contributed by atoms with Crippen LogP contribution in [0.5, 0.6) is 0 Å². The van der Waals surface area contributed by atoms with Crippen LogP contribution in [0.1, 0.15) is 32.6 Å². The third kappa shape index (κ3) is 4.36. The molecule has 180 valence electrons. The first-order chi connectivity index (χ1) is 17.1. The molecule has 1 aromatic carbocycles. The van der Waals surface area contributed by atoms with E-state index in [0.29, 0.717) is 21.3 Å². The number of hydrogen-bond donors (Lipinski definition) is 1. The van der Waals surface area contributed by atoms with E-state index in [1.165, 1.54) is 48.8 Å². The van der Waals surface area contributed by atoms with Gasteiger partial charge in [-0.2, -0.15) is 0 Å². The molecule has 0 aliphatic heterocycles. The van der Waals surface area contributed by atoms with Crippen LogP contribution in [0, 0.1) is 17.8 Å². The normalized spacial score (nSPS) is 22.0. The average molecular weight is 522 g/mol. The summed E-state index contributed by atoms with van der Waals surface area (Å²) in [6.07, 6.45) is 5.25. The number of aromatic nitrogens is 2. The molecule has 1 amide bonds. The first kappa shape index (κ1) is 23.0. The maximum atomic E-state index is 13.8. The number of thiophene rings is 2. The molecule has 4 aromatic rings. The molecule has 3 aromatic heterocycles. The zero-order valence-corrected chi connectivity index (χ0v) is 21.9. The zero-order valence-electron chi connectivity index (χ0n) is 19.5. The second-order valence-electron chi connectivity index (χ2n) is 9.66. The summed E-state index contributed by atoms with van der Waals surface area (Å²) in [5.41, 5.74) is 1.59. The van der Waals surface area contributed by atoms with E-state index in [4.69, 9.17) is 4.98 Å². The number of fused-ring (bicyclic) bond motifs is 3. The first-order valence-corrected chi connectivity index (χ1v) is 14.9. The number of hydrogen-bond acceptors (Lipinski definition) is 6. The van der Waals surface area contributed by atoms with Crippen LogP contribution < -0.4 is 10.9 Å². The molecule has 0 saturated heterocycles. The third-order valence-electron chi connectivity index (χ3n) is 7.53. The summed E-state index contributed by atoms with van der Waals surface area (Å²) in [4.78, 5) is 33.4. The van der Waals surface area contributed by atoms with Gasteiger partial charge in [-0.15, -0.1) is 22.7 Å². The highest BCUT2D eigenvalue weighted by Gasteiger charge is 2.42. The SMILES string of the molecule is C[C@@H](NC(=O)CSc1nc2scc(-c3cccs3)c2c(=O)n1-c1ccccc1)[C@@H]1C[C@@H]2CC[C@@H]1C2. The number of benzene rings is 1. The number of para-hydroxylation sites is 1. The van der Waals surface area contributed by atoms with Gasteiger partial charge in [0.1, 0.15) is 4.83 Å². The highest BCUT2D eigenvalue weighted by atomic mass is 32.2. The number of carbonyl (C=O) groups excluding carboxylic acids is 1. The lowest BCUT2D eigenvalue weighted by Gasteiger charge is -2.28. The molecule has 0 unspecified atom stereocenters. The number of amides is 1. The van der Waals surface area contributed by atoms with Crippen LogP contribution in [0.15, 0.2) is 63.2 Å². The summed E-state index contributed by atoms with van der Waals surface area (Å²) < 4.78 is 1.66. The quantitative estimate of drug-likeness (QED) is 0.232. The number of carbonyl (C=O) groups is 1. The van der Waals surface area contributed by atoms with Crippen molar-refractivity contribution in [3.8, 4) is 16.1 Å². The maximum Gasteiger partial charge on any atom is 0.268 e. The third-order valence-corrected chi connectivity index (χ3v) is 10.2. The fraction of sp³-hybridized carbons (Fsp3) is 0.370. The standard InChI is InChI=1S/C27H27N3O2S3/c1-16(20-13-17-9-10-18(20)12-17)28-23(31)15-35-27-29-25-24(21(14-34-25)22-8-5-11-33-22)26(32)30(27)19-6-3-2-4-7-19/h2-8,11,14,16-18,20H,9-10,12-13,15H2,1H3,(H,28,31)/t16-,17-,18-,20+/m1/s1. The molecule has 0 spiro atoms. The maximum absolute atomic E-state index is 13.8. The lowest BCUT2D eigenvalue weighted by molar-refractivity contribution is -0.119. The van der Waals surface area contributed by atoms with E-state index in [2.05, 4.69) is 12.2 Å². The molecule has 2 bridgehead atoms. The van der Waals surface area contributed by atoms with Crippen LogP contribution in [0.4, 0.5) is 0 Å². The van der Waals surface area contributed by atoms with Crippen molar-refractivity contribution in [2.75, 3.05) is 5.75 Å². The smallest absolute Gasteiger partial charge is 0.268 e. The Morgan fingerprint density at radius 3 is 2.74 bits per heavy atom. The molecule has 2 saturated carbocycles. The lowest BCUT2D eigenvalue weighted by Crippen LogP contribution is -2.41. The van der Waals surface area contributed by atoms with Gasteiger partial charge in [0.15, 0.2) is 5.16 Å². The second-order valence-corrected chi connectivity index (χ2v) is 12.4. The van der Waals surface area contributed by atoms with Gasteiger partial charge in [0.2, 0.25) is 5.91 Å². The molecule has 0 radical (unpaired) electrons. The van der Waals surface area contributed by atoms with E-state index in [9.17, 15) is 9.59 Å². The van der Waals surface area contributed by atoms with Crippen LogP contribution >= 0.6 is 34.4 Å². The van der Waals surface area contributed by atoms with Crippen molar-refractivity contribution < 1.29 is 4.79 Å². The minimum Gasteiger partial charge on any atom is -0.353 e. The van der Waals surface area contributed by atoms with Crippen molar-refractivity contribution in [1.29, 1.82) is 0 Å². The Balaban J connectivity index is 1.28. The summed E-state index contributed by atoms with van der Waals surface area (Å²) in [6, 6.07) is 13.8. The predicted octanol–water partition coefficient (Wildman–Crippen LogP) is 6.21. The molecule has 2 aliphatic rings. The van der Waals surface area contributed by atoms with Crippen molar-refractivity contribution in [3.05, 3.63) is 63.6 Å². The van der Waals surface area contributed by atoms with E-state index in [-0.39, 0.29) is 23.3 Å². The molecule has 8 heteroatoms. The Morgan fingerprint density at radius 1 is 1.17 bits per heavy atom. The van der Waals surface area contributed by atoms with Crippen LogP contribution in [-0.4, -0.2) is 27.3 Å². The molecular weight excluding hydrogens is 495 g/mol. The zero-order chi connectivity index (χ0) is 23.9. The average Bonchev–Trinajstić information content (AvgIpc) is 3.67. The van der Waals surface area contributed by atoms with E-state index in [1.807, 2.05) is 53.2 Å². The predicted molar refractivity (Wildman–Crippen MR) is 146 cm³/mol. The molecular formula is C27H27N3O2S3. The largest absolute Gasteiger partial charge is 0.353 e. The van der Waals surface area contributed by atoms with Crippen molar-refractivity contribution in [2.45, 2.75) is 43.8 Å². The van der Waals surface area contributed by atoms with E-state index >= 15 is 0 Å². The Labute approximate surface area is 216 Å². The van der Waals surface area contributed by atoms with Gasteiger partial charge in [0, 0.05) is 21.9 Å². The van der Waals surface area contributed by atoms with Gasteiger partial charge >= 0.3 is 0 Å². The first-order valence-electron chi connectivity index (χ1n) is 12.1. The van der Waals surface area contributed by atoms with Gasteiger partial charge in [-0.05, 0) is 67.5 Å². The van der Waals surface area contributed by atoms with Gasteiger partial charge in [-0.25, -0.2) is 4.98 Å². The highest BCUT2D eigenvalue weighted by Crippen LogP contribution is 2.49. The van der Waals surface area contributed by atoms with Crippen molar-refractivity contribution in [3.63, 3.8) is 0 Å². The van der Waals surface area contributed by atoms with Gasteiger partial charge in [0.25, 0.3) is 5.56 Å². The number of nitrogens with zero attached hydrogens (tertiary/aromatic N) is 2. The summed E-state index contributed by atoms with van der Waals surface area (Å²) in [5, 5.41) is 8.46. The van der Waals surface area contributed by atoms with E-state index in [0.717, 1.165) is 28.0 Å². The van der Waals surface area contributed by atoms with Crippen LogP contribution in [0.25, 0.3) is 26.3 Å². The van der Waals surface area contributed by atoms with Gasteiger partial charge in [-0.3, -0.25) is 14.2 Å². The molecule has 3 heterocycles. The minimum atomic E-state index is -0.0934. The number of thioether (sulfide) groups is 1. The Morgan fingerprint density at radius 2 is 2.03 bits per heavy atom.